The standard InChI is InChI=1S/C23H22N4O5S/c1-13-5-4-6-14(2)21(13)27-33(30,31)19-11-17(12-24-23(19)32-3)25-22(29)16-8-7-15-10-20(28)26-18(15)9-16/h4-9,11-12,27H,10H2,1-3H3,(H,25,29)(H,26,28). The van der Waals surface area contributed by atoms with Crippen LogP contribution in [0.1, 0.15) is 27.0 Å². The maximum Gasteiger partial charge on any atom is 0.267 e. The smallest absolute Gasteiger partial charge is 0.267 e. The van der Waals surface area contributed by atoms with Crippen molar-refractivity contribution in [3.05, 3.63) is 70.9 Å². The highest BCUT2D eigenvalue weighted by Crippen LogP contribution is 2.29. The molecule has 0 fully saturated rings. The average molecular weight is 467 g/mol. The second kappa shape index (κ2) is 8.55. The molecule has 1 aliphatic rings. The molecule has 9 nitrogen and oxygen atoms in total. The molecule has 0 aliphatic carbocycles. The molecule has 0 saturated carbocycles. The predicted octanol–water partition coefficient (Wildman–Crippen LogP) is 3.25. The van der Waals surface area contributed by atoms with Gasteiger partial charge in [-0.15, -0.1) is 0 Å². The Hall–Kier alpha value is -3.92. The zero-order chi connectivity index (χ0) is 23.8. The number of ether oxygens (including phenoxy) is 1. The van der Waals surface area contributed by atoms with E-state index < -0.39 is 15.9 Å². The summed E-state index contributed by atoms with van der Waals surface area (Å²) in [6, 6.07) is 11.6. The van der Waals surface area contributed by atoms with Crippen LogP contribution in [0.15, 0.2) is 53.6 Å². The van der Waals surface area contributed by atoms with Gasteiger partial charge in [-0.25, -0.2) is 13.4 Å². The van der Waals surface area contributed by atoms with Gasteiger partial charge in [0.05, 0.1) is 31.1 Å². The number of pyridine rings is 1. The van der Waals surface area contributed by atoms with E-state index in [1.54, 1.807) is 44.2 Å². The molecule has 2 aromatic carbocycles. The molecule has 33 heavy (non-hydrogen) atoms. The van der Waals surface area contributed by atoms with Gasteiger partial charge in [0.2, 0.25) is 11.8 Å². The molecule has 10 heteroatoms. The number of anilines is 3. The maximum absolute atomic E-state index is 13.2. The quantitative estimate of drug-likeness (QED) is 0.512. The Labute approximate surface area is 191 Å². The first kappa shape index (κ1) is 22.3. The third kappa shape index (κ3) is 4.51. The third-order valence-corrected chi connectivity index (χ3v) is 6.62. The summed E-state index contributed by atoms with van der Waals surface area (Å²) >= 11 is 0. The molecular formula is C23H22N4O5S. The first-order valence-corrected chi connectivity index (χ1v) is 11.5. The minimum absolute atomic E-state index is 0.105. The molecule has 3 aromatic rings. The molecule has 2 amide bonds. The molecule has 0 saturated heterocycles. The number of para-hydroxylation sites is 1. The number of carbonyl (C=O) groups is 2. The molecule has 170 valence electrons. The van der Waals surface area contributed by atoms with Gasteiger partial charge in [-0.3, -0.25) is 14.3 Å². The number of rotatable bonds is 6. The van der Waals surface area contributed by atoms with Gasteiger partial charge in [0.15, 0.2) is 4.90 Å². The lowest BCUT2D eigenvalue weighted by Gasteiger charge is -2.15. The van der Waals surface area contributed by atoms with E-state index in [9.17, 15) is 18.0 Å². The summed E-state index contributed by atoms with van der Waals surface area (Å²) in [5.74, 6) is -0.711. The summed E-state index contributed by atoms with van der Waals surface area (Å²) in [6.07, 6.45) is 1.58. The fraction of sp³-hybridized carbons (Fsp3) is 0.174. The second-order valence-corrected chi connectivity index (χ2v) is 9.31. The fourth-order valence-corrected chi connectivity index (χ4v) is 4.92. The van der Waals surface area contributed by atoms with Crippen LogP contribution in [0.3, 0.4) is 0 Å². The van der Waals surface area contributed by atoms with E-state index in [1.807, 2.05) is 6.07 Å². The van der Waals surface area contributed by atoms with E-state index in [0.717, 1.165) is 16.7 Å². The van der Waals surface area contributed by atoms with Crippen LogP contribution in [0.25, 0.3) is 0 Å². The molecule has 0 atom stereocenters. The van der Waals surface area contributed by atoms with Gasteiger partial charge >= 0.3 is 0 Å². The van der Waals surface area contributed by atoms with Crippen molar-refractivity contribution in [1.82, 2.24) is 4.98 Å². The fourth-order valence-electron chi connectivity index (χ4n) is 3.57. The number of nitrogens with one attached hydrogen (secondary N) is 3. The number of aryl methyl sites for hydroxylation is 2. The zero-order valence-corrected chi connectivity index (χ0v) is 19.0. The highest BCUT2D eigenvalue weighted by Gasteiger charge is 2.24. The van der Waals surface area contributed by atoms with Gasteiger partial charge in [0, 0.05) is 11.3 Å². The highest BCUT2D eigenvalue weighted by molar-refractivity contribution is 7.92. The van der Waals surface area contributed by atoms with E-state index >= 15 is 0 Å². The summed E-state index contributed by atoms with van der Waals surface area (Å²) in [5.41, 5.74) is 3.87. The van der Waals surface area contributed by atoms with Crippen molar-refractivity contribution >= 4 is 38.9 Å². The Morgan fingerprint density at radius 2 is 1.85 bits per heavy atom. The highest BCUT2D eigenvalue weighted by atomic mass is 32.2. The summed E-state index contributed by atoms with van der Waals surface area (Å²) < 4.78 is 34.1. The molecule has 4 rings (SSSR count). The number of hydrogen-bond acceptors (Lipinski definition) is 6. The predicted molar refractivity (Wildman–Crippen MR) is 124 cm³/mol. The molecule has 1 aliphatic heterocycles. The van der Waals surface area contributed by atoms with E-state index in [2.05, 4.69) is 20.3 Å². The minimum Gasteiger partial charge on any atom is -0.480 e. The molecule has 2 heterocycles. The van der Waals surface area contributed by atoms with Crippen molar-refractivity contribution in [2.24, 2.45) is 0 Å². The SMILES string of the molecule is COc1ncc(NC(=O)c2ccc3c(c2)NC(=O)C3)cc1S(=O)(=O)Nc1c(C)cccc1C. The molecular weight excluding hydrogens is 444 g/mol. The summed E-state index contributed by atoms with van der Waals surface area (Å²) in [4.78, 5) is 28.1. The van der Waals surface area contributed by atoms with E-state index in [-0.39, 0.29) is 28.8 Å². The van der Waals surface area contributed by atoms with Crippen LogP contribution in [-0.2, 0) is 21.2 Å². The Balaban J connectivity index is 1.62. The first-order chi connectivity index (χ1) is 15.7. The summed E-state index contributed by atoms with van der Waals surface area (Å²) in [6.45, 7) is 3.60. The Morgan fingerprint density at radius 3 is 2.55 bits per heavy atom. The molecule has 0 bridgehead atoms. The Bertz CT molecular complexity index is 1370. The van der Waals surface area contributed by atoms with Crippen LogP contribution < -0.4 is 20.1 Å². The second-order valence-electron chi connectivity index (χ2n) is 7.65. The third-order valence-electron chi connectivity index (χ3n) is 5.27. The minimum atomic E-state index is -4.07. The topological polar surface area (TPSA) is 126 Å². The lowest BCUT2D eigenvalue weighted by molar-refractivity contribution is -0.115. The van der Waals surface area contributed by atoms with Gasteiger partial charge in [-0.1, -0.05) is 24.3 Å². The van der Waals surface area contributed by atoms with Gasteiger partial charge in [-0.2, -0.15) is 0 Å². The summed E-state index contributed by atoms with van der Waals surface area (Å²) in [7, 11) is -2.76. The van der Waals surface area contributed by atoms with Crippen LogP contribution in [0.5, 0.6) is 5.88 Å². The van der Waals surface area contributed by atoms with E-state index in [1.165, 1.54) is 19.4 Å². The van der Waals surface area contributed by atoms with Gasteiger partial charge in [0.25, 0.3) is 15.9 Å². The van der Waals surface area contributed by atoms with Crippen molar-refractivity contribution < 1.29 is 22.7 Å². The first-order valence-electron chi connectivity index (χ1n) is 10.0. The van der Waals surface area contributed by atoms with Crippen LogP contribution >= 0.6 is 0 Å². The maximum atomic E-state index is 13.2. The molecule has 0 spiro atoms. The number of carbonyl (C=O) groups excluding carboxylic acids is 2. The number of amides is 2. The average Bonchev–Trinajstić information content (AvgIpc) is 3.15. The van der Waals surface area contributed by atoms with E-state index in [4.69, 9.17) is 4.74 Å². The Morgan fingerprint density at radius 1 is 1.12 bits per heavy atom. The number of hydrogen-bond donors (Lipinski definition) is 3. The molecule has 0 unspecified atom stereocenters. The van der Waals surface area contributed by atoms with Crippen molar-refractivity contribution in [3.8, 4) is 5.88 Å². The molecule has 3 N–H and O–H groups in total. The lowest BCUT2D eigenvalue weighted by Crippen LogP contribution is -2.18. The van der Waals surface area contributed by atoms with Crippen molar-refractivity contribution in [3.63, 3.8) is 0 Å². The molecule has 1 aromatic heterocycles. The van der Waals surface area contributed by atoms with Crippen LogP contribution in [0.2, 0.25) is 0 Å². The van der Waals surface area contributed by atoms with E-state index in [0.29, 0.717) is 16.9 Å². The van der Waals surface area contributed by atoms with Gasteiger partial charge in [0.1, 0.15) is 0 Å². The van der Waals surface area contributed by atoms with Crippen LogP contribution in [0, 0.1) is 13.8 Å². The van der Waals surface area contributed by atoms with Crippen molar-refractivity contribution in [2.75, 3.05) is 22.5 Å². The monoisotopic (exact) mass is 466 g/mol. The zero-order valence-electron chi connectivity index (χ0n) is 18.2. The van der Waals surface area contributed by atoms with Crippen molar-refractivity contribution in [1.29, 1.82) is 0 Å². The number of methoxy groups -OCH3 is 1. The number of nitrogens with zero attached hydrogens (tertiary/aromatic N) is 1. The summed E-state index contributed by atoms with van der Waals surface area (Å²) in [5, 5.41) is 5.35. The number of sulfonamides is 1. The van der Waals surface area contributed by atoms with Crippen LogP contribution in [0.4, 0.5) is 17.1 Å². The normalized spacial score (nSPS) is 12.6. The van der Waals surface area contributed by atoms with Crippen LogP contribution in [-0.4, -0.2) is 32.3 Å². The molecule has 0 radical (unpaired) electrons. The largest absolute Gasteiger partial charge is 0.480 e. The number of benzene rings is 2. The Kier molecular flexibility index (Phi) is 5.77. The van der Waals surface area contributed by atoms with Gasteiger partial charge in [-0.05, 0) is 48.7 Å². The number of aromatic nitrogens is 1. The van der Waals surface area contributed by atoms with Gasteiger partial charge < -0.3 is 15.4 Å². The van der Waals surface area contributed by atoms with Crippen molar-refractivity contribution in [2.45, 2.75) is 25.2 Å². The number of fused-ring (bicyclic) bond motifs is 1. The lowest BCUT2D eigenvalue weighted by atomic mass is 10.1.